The number of benzene rings is 1. The fourth-order valence-electron chi connectivity index (χ4n) is 1.88. The van der Waals surface area contributed by atoms with Gasteiger partial charge < -0.3 is 5.73 Å². The van der Waals surface area contributed by atoms with Crippen molar-refractivity contribution in [2.24, 2.45) is 0 Å². The summed E-state index contributed by atoms with van der Waals surface area (Å²) in [5.41, 5.74) is 9.64. The van der Waals surface area contributed by atoms with Gasteiger partial charge in [0, 0.05) is 10.6 Å². The Kier molecular flexibility index (Phi) is 5.03. The predicted octanol–water partition coefficient (Wildman–Crippen LogP) is 3.85. The predicted molar refractivity (Wildman–Crippen MR) is 70.7 cm³/mol. The van der Waals surface area contributed by atoms with Crippen LogP contribution in [0.1, 0.15) is 44.2 Å². The van der Waals surface area contributed by atoms with Crippen molar-refractivity contribution in [1.29, 1.82) is 0 Å². The quantitative estimate of drug-likeness (QED) is 0.575. The molecule has 0 radical (unpaired) electrons. The monoisotopic (exact) mass is 223 g/mol. The van der Waals surface area contributed by atoms with Crippen LogP contribution in [-0.2, 0) is 12.8 Å². The Balaban J connectivity index is 3.01. The van der Waals surface area contributed by atoms with Crippen molar-refractivity contribution in [3.63, 3.8) is 0 Å². The van der Waals surface area contributed by atoms with Gasteiger partial charge in [0.05, 0.1) is 0 Å². The van der Waals surface area contributed by atoms with Gasteiger partial charge in [0.2, 0.25) is 0 Å². The first-order valence-corrected chi connectivity index (χ1v) is 6.24. The molecule has 2 heteroatoms. The second kappa shape index (κ2) is 6.06. The summed E-state index contributed by atoms with van der Waals surface area (Å²) >= 11 is 4.52. The maximum absolute atomic E-state index is 6.03. The van der Waals surface area contributed by atoms with Crippen LogP contribution in [0.3, 0.4) is 0 Å². The van der Waals surface area contributed by atoms with Gasteiger partial charge in [0.1, 0.15) is 0 Å². The van der Waals surface area contributed by atoms with E-state index >= 15 is 0 Å². The van der Waals surface area contributed by atoms with E-state index in [0.717, 1.165) is 29.8 Å². The number of hydrogen-bond donors (Lipinski definition) is 2. The minimum atomic E-state index is 0.935. The summed E-state index contributed by atoms with van der Waals surface area (Å²) < 4.78 is 0. The molecule has 0 atom stereocenters. The summed E-state index contributed by atoms with van der Waals surface area (Å²) in [5, 5.41) is 0. The Morgan fingerprint density at radius 1 is 1.07 bits per heavy atom. The van der Waals surface area contributed by atoms with Crippen LogP contribution in [0.2, 0.25) is 0 Å². The lowest BCUT2D eigenvalue weighted by Crippen LogP contribution is -2.01. The third kappa shape index (κ3) is 3.16. The summed E-state index contributed by atoms with van der Waals surface area (Å²) in [7, 11) is 0. The van der Waals surface area contributed by atoms with E-state index in [-0.39, 0.29) is 0 Å². The Bertz CT molecular complexity index is 321. The minimum absolute atomic E-state index is 0.935. The van der Waals surface area contributed by atoms with Crippen LogP contribution >= 0.6 is 12.6 Å². The summed E-state index contributed by atoms with van der Waals surface area (Å²) in [6, 6.07) is 3.99. The topological polar surface area (TPSA) is 26.0 Å². The lowest BCUT2D eigenvalue weighted by atomic mass is 9.97. The number of anilines is 1. The summed E-state index contributed by atoms with van der Waals surface area (Å²) in [6.45, 7) is 4.40. The second-order valence-electron chi connectivity index (χ2n) is 3.98. The lowest BCUT2D eigenvalue weighted by molar-refractivity contribution is 0.776. The van der Waals surface area contributed by atoms with E-state index in [1.807, 2.05) is 12.1 Å². The van der Waals surface area contributed by atoms with Crippen molar-refractivity contribution in [2.45, 2.75) is 50.8 Å². The van der Waals surface area contributed by atoms with Crippen LogP contribution in [0.25, 0.3) is 0 Å². The Morgan fingerprint density at radius 3 is 2.40 bits per heavy atom. The molecular weight excluding hydrogens is 202 g/mol. The van der Waals surface area contributed by atoms with Crippen LogP contribution < -0.4 is 5.73 Å². The molecule has 2 N–H and O–H groups in total. The molecule has 0 saturated carbocycles. The molecule has 1 aromatic carbocycles. The van der Waals surface area contributed by atoms with Crippen molar-refractivity contribution in [1.82, 2.24) is 0 Å². The van der Waals surface area contributed by atoms with Crippen molar-refractivity contribution < 1.29 is 0 Å². The number of unbranched alkanes of at least 4 members (excludes halogenated alkanes) is 1. The molecule has 0 amide bonds. The van der Waals surface area contributed by atoms with E-state index in [9.17, 15) is 0 Å². The molecule has 0 spiro atoms. The molecule has 1 rings (SSSR count). The molecule has 15 heavy (non-hydrogen) atoms. The maximum Gasteiger partial charge on any atom is 0.0350 e. The van der Waals surface area contributed by atoms with Crippen LogP contribution in [0.5, 0.6) is 0 Å². The highest BCUT2D eigenvalue weighted by Crippen LogP contribution is 2.26. The molecule has 0 aliphatic heterocycles. The number of nitrogen functional groups attached to an aromatic ring is 1. The first kappa shape index (κ1) is 12.4. The zero-order valence-corrected chi connectivity index (χ0v) is 10.6. The summed E-state index contributed by atoms with van der Waals surface area (Å²) in [4.78, 5) is 1.09. The first-order chi connectivity index (χ1) is 7.20. The van der Waals surface area contributed by atoms with Crippen LogP contribution in [0, 0.1) is 0 Å². The van der Waals surface area contributed by atoms with Gasteiger partial charge in [-0.1, -0.05) is 26.7 Å². The fraction of sp³-hybridized carbons (Fsp3) is 0.538. The maximum atomic E-state index is 6.03. The number of nitrogens with two attached hydrogens (primary N) is 1. The highest BCUT2D eigenvalue weighted by Gasteiger charge is 2.08. The van der Waals surface area contributed by atoms with E-state index < -0.39 is 0 Å². The molecule has 0 aromatic heterocycles. The van der Waals surface area contributed by atoms with Gasteiger partial charge in [-0.3, -0.25) is 0 Å². The van der Waals surface area contributed by atoms with Gasteiger partial charge in [-0.05, 0) is 42.5 Å². The second-order valence-corrected chi connectivity index (χ2v) is 4.47. The van der Waals surface area contributed by atoms with Crippen molar-refractivity contribution >= 4 is 18.3 Å². The smallest absolute Gasteiger partial charge is 0.0350 e. The van der Waals surface area contributed by atoms with Gasteiger partial charge >= 0.3 is 0 Å². The Labute approximate surface area is 98.5 Å². The third-order valence-corrected chi connectivity index (χ3v) is 3.14. The van der Waals surface area contributed by atoms with E-state index in [1.165, 1.54) is 24.0 Å². The standard InChI is InChI=1S/C13H21NS/c1-3-5-7-10-11(6-4-2)13(15)9-8-12(10)14/h8-9,15H,3-7,14H2,1-2H3. The molecule has 1 nitrogen and oxygen atoms in total. The van der Waals surface area contributed by atoms with Crippen molar-refractivity contribution in [2.75, 3.05) is 5.73 Å². The molecule has 0 heterocycles. The number of thiol groups is 1. The van der Waals surface area contributed by atoms with Crippen molar-refractivity contribution in [3.05, 3.63) is 23.3 Å². The molecule has 0 bridgehead atoms. The van der Waals surface area contributed by atoms with E-state index in [0.29, 0.717) is 0 Å². The van der Waals surface area contributed by atoms with E-state index in [4.69, 9.17) is 5.73 Å². The number of hydrogen-bond acceptors (Lipinski definition) is 2. The average Bonchev–Trinajstić information content (AvgIpc) is 2.23. The molecule has 1 aromatic rings. The van der Waals surface area contributed by atoms with Gasteiger partial charge in [0.15, 0.2) is 0 Å². The molecule has 0 aliphatic rings. The first-order valence-electron chi connectivity index (χ1n) is 5.79. The van der Waals surface area contributed by atoms with Gasteiger partial charge in [-0.25, -0.2) is 0 Å². The van der Waals surface area contributed by atoms with Crippen LogP contribution in [-0.4, -0.2) is 0 Å². The van der Waals surface area contributed by atoms with Gasteiger partial charge in [-0.2, -0.15) is 0 Å². The third-order valence-electron chi connectivity index (χ3n) is 2.72. The zero-order chi connectivity index (χ0) is 11.3. The van der Waals surface area contributed by atoms with E-state index in [2.05, 4.69) is 26.5 Å². The Morgan fingerprint density at radius 2 is 1.80 bits per heavy atom. The molecule has 0 fully saturated rings. The lowest BCUT2D eigenvalue weighted by Gasteiger charge is -2.14. The van der Waals surface area contributed by atoms with Crippen LogP contribution in [0.4, 0.5) is 5.69 Å². The fourth-order valence-corrected chi connectivity index (χ4v) is 2.20. The molecule has 0 saturated heterocycles. The van der Waals surface area contributed by atoms with Crippen LogP contribution in [0.15, 0.2) is 17.0 Å². The normalized spacial score (nSPS) is 10.6. The van der Waals surface area contributed by atoms with Gasteiger partial charge in [0.25, 0.3) is 0 Å². The SMILES string of the molecule is CCCCc1c(N)ccc(S)c1CCC. The van der Waals surface area contributed by atoms with E-state index in [1.54, 1.807) is 0 Å². The minimum Gasteiger partial charge on any atom is -0.398 e. The molecular formula is C13H21NS. The highest BCUT2D eigenvalue weighted by atomic mass is 32.1. The summed E-state index contributed by atoms with van der Waals surface area (Å²) in [6.07, 6.45) is 5.74. The zero-order valence-electron chi connectivity index (χ0n) is 9.71. The van der Waals surface area contributed by atoms with Gasteiger partial charge in [-0.15, -0.1) is 12.6 Å². The largest absolute Gasteiger partial charge is 0.398 e. The summed E-state index contributed by atoms with van der Waals surface area (Å²) in [5.74, 6) is 0. The molecule has 84 valence electrons. The molecule has 0 aliphatic carbocycles. The average molecular weight is 223 g/mol. The molecule has 0 unspecified atom stereocenters. The van der Waals surface area contributed by atoms with Crippen molar-refractivity contribution in [3.8, 4) is 0 Å². The Hall–Kier alpha value is -0.630. The highest BCUT2D eigenvalue weighted by molar-refractivity contribution is 7.80. The number of rotatable bonds is 5.